The average Bonchev–Trinajstić information content (AvgIpc) is 3.55. The van der Waals surface area contributed by atoms with Gasteiger partial charge >= 0.3 is 0 Å². The van der Waals surface area contributed by atoms with Crippen LogP contribution in [0.5, 0.6) is 0 Å². The molecule has 2 aromatic carbocycles. The standard InChI is InChI=1S/C24H20FN3O4S2/c25-18-9-4-5-11-20(18)34(30,31)28-14-12-27(13-15-28)24(29)22-21(17-7-2-1-3-8-17)26-23(33-22)19-10-6-16-32-19/h1-11,16H,12-15H2. The molecule has 1 aliphatic rings. The fourth-order valence-electron chi connectivity index (χ4n) is 3.83. The molecular weight excluding hydrogens is 477 g/mol. The van der Waals surface area contributed by atoms with Gasteiger partial charge in [0.05, 0.1) is 12.0 Å². The lowest BCUT2D eigenvalue weighted by Gasteiger charge is -2.33. The fourth-order valence-corrected chi connectivity index (χ4v) is 6.34. The molecule has 2 aromatic heterocycles. The Bertz CT molecular complexity index is 1410. The number of carbonyl (C=O) groups excluding carboxylic acids is 1. The number of piperazine rings is 1. The number of furan rings is 1. The fraction of sp³-hybridized carbons (Fsp3) is 0.167. The van der Waals surface area contributed by atoms with Crippen molar-refractivity contribution in [3.63, 3.8) is 0 Å². The molecule has 0 radical (unpaired) electrons. The SMILES string of the molecule is O=C(c1sc(-c2ccco2)nc1-c1ccccc1)N1CCN(S(=O)(=O)c2ccccc2F)CC1. The number of halogens is 1. The largest absolute Gasteiger partial charge is 0.462 e. The van der Waals surface area contributed by atoms with E-state index in [9.17, 15) is 17.6 Å². The zero-order chi connectivity index (χ0) is 23.7. The minimum Gasteiger partial charge on any atom is -0.462 e. The molecule has 0 atom stereocenters. The van der Waals surface area contributed by atoms with Gasteiger partial charge in [0, 0.05) is 31.7 Å². The number of aromatic nitrogens is 1. The van der Waals surface area contributed by atoms with Crippen LogP contribution < -0.4 is 0 Å². The van der Waals surface area contributed by atoms with E-state index in [4.69, 9.17) is 4.42 Å². The normalized spacial score (nSPS) is 14.9. The number of nitrogens with zero attached hydrogens (tertiary/aromatic N) is 3. The zero-order valence-electron chi connectivity index (χ0n) is 17.9. The second-order valence-electron chi connectivity index (χ2n) is 7.67. The van der Waals surface area contributed by atoms with Crippen LogP contribution in [-0.2, 0) is 10.0 Å². The molecule has 1 amide bonds. The molecule has 0 N–H and O–H groups in total. The molecule has 174 valence electrons. The second kappa shape index (κ2) is 9.13. The van der Waals surface area contributed by atoms with Crippen LogP contribution >= 0.6 is 11.3 Å². The molecule has 1 saturated heterocycles. The molecule has 0 aliphatic carbocycles. The van der Waals surface area contributed by atoms with Crippen molar-refractivity contribution in [2.45, 2.75) is 4.90 Å². The summed E-state index contributed by atoms with van der Waals surface area (Å²) >= 11 is 1.24. The van der Waals surface area contributed by atoms with Crippen molar-refractivity contribution in [2.24, 2.45) is 0 Å². The van der Waals surface area contributed by atoms with Gasteiger partial charge in [0.15, 0.2) is 10.8 Å². The number of rotatable bonds is 5. The van der Waals surface area contributed by atoms with E-state index in [2.05, 4.69) is 4.98 Å². The predicted octanol–water partition coefficient (Wildman–Crippen LogP) is 4.36. The maximum atomic E-state index is 14.1. The Morgan fingerprint density at radius 3 is 2.32 bits per heavy atom. The van der Waals surface area contributed by atoms with Gasteiger partial charge in [0.2, 0.25) is 10.0 Å². The van der Waals surface area contributed by atoms with E-state index >= 15 is 0 Å². The number of sulfonamides is 1. The second-order valence-corrected chi connectivity index (χ2v) is 10.6. The van der Waals surface area contributed by atoms with Crippen molar-refractivity contribution in [3.05, 3.63) is 83.7 Å². The molecule has 7 nitrogen and oxygen atoms in total. The van der Waals surface area contributed by atoms with E-state index in [1.807, 2.05) is 30.3 Å². The lowest BCUT2D eigenvalue weighted by Crippen LogP contribution is -2.50. The molecule has 5 rings (SSSR count). The smallest absolute Gasteiger partial charge is 0.266 e. The van der Waals surface area contributed by atoms with Crippen LogP contribution in [0.1, 0.15) is 9.67 Å². The highest BCUT2D eigenvalue weighted by molar-refractivity contribution is 7.89. The summed E-state index contributed by atoms with van der Waals surface area (Å²) in [5.74, 6) is -0.442. The number of hydrogen-bond acceptors (Lipinski definition) is 6. The molecule has 0 unspecified atom stereocenters. The highest BCUT2D eigenvalue weighted by Gasteiger charge is 2.33. The van der Waals surface area contributed by atoms with E-state index in [0.29, 0.717) is 21.3 Å². The number of hydrogen-bond donors (Lipinski definition) is 0. The van der Waals surface area contributed by atoms with Gasteiger partial charge in [0.25, 0.3) is 5.91 Å². The summed E-state index contributed by atoms with van der Waals surface area (Å²) in [5, 5.41) is 0.591. The first-order chi connectivity index (χ1) is 16.4. The van der Waals surface area contributed by atoms with Crippen LogP contribution in [0.2, 0.25) is 0 Å². The van der Waals surface area contributed by atoms with Crippen LogP contribution in [0.3, 0.4) is 0 Å². The first kappa shape index (κ1) is 22.5. The van der Waals surface area contributed by atoms with Gasteiger partial charge in [-0.15, -0.1) is 11.3 Å². The third-order valence-electron chi connectivity index (χ3n) is 5.58. The Morgan fingerprint density at radius 2 is 1.65 bits per heavy atom. The van der Waals surface area contributed by atoms with Gasteiger partial charge in [-0.3, -0.25) is 4.79 Å². The molecular formula is C24H20FN3O4S2. The molecule has 4 aromatic rings. The lowest BCUT2D eigenvalue weighted by molar-refractivity contribution is 0.0703. The molecule has 10 heteroatoms. The summed E-state index contributed by atoms with van der Waals surface area (Å²) < 4.78 is 46.6. The maximum Gasteiger partial charge on any atom is 0.266 e. The van der Waals surface area contributed by atoms with E-state index in [1.165, 1.54) is 33.8 Å². The third-order valence-corrected chi connectivity index (χ3v) is 8.57. The van der Waals surface area contributed by atoms with Gasteiger partial charge in [-0.05, 0) is 24.3 Å². The van der Waals surface area contributed by atoms with Gasteiger partial charge in [0.1, 0.15) is 15.6 Å². The zero-order valence-corrected chi connectivity index (χ0v) is 19.6. The molecule has 0 spiro atoms. The number of amides is 1. The molecule has 0 saturated carbocycles. The Kier molecular flexibility index (Phi) is 6.03. The predicted molar refractivity (Wildman–Crippen MR) is 126 cm³/mol. The molecule has 1 fully saturated rings. The van der Waals surface area contributed by atoms with E-state index in [0.717, 1.165) is 11.6 Å². The molecule has 0 bridgehead atoms. The van der Waals surface area contributed by atoms with Gasteiger partial charge in [-0.2, -0.15) is 4.31 Å². The summed E-state index contributed by atoms with van der Waals surface area (Å²) in [6.45, 7) is 0.531. The number of carbonyl (C=O) groups is 1. The Labute approximate surface area is 200 Å². The van der Waals surface area contributed by atoms with Gasteiger partial charge in [-0.25, -0.2) is 17.8 Å². The van der Waals surface area contributed by atoms with Gasteiger partial charge in [-0.1, -0.05) is 42.5 Å². The van der Waals surface area contributed by atoms with Crippen molar-refractivity contribution >= 4 is 27.3 Å². The van der Waals surface area contributed by atoms with Crippen molar-refractivity contribution in [3.8, 4) is 22.0 Å². The van der Waals surface area contributed by atoms with Crippen molar-refractivity contribution in [1.82, 2.24) is 14.2 Å². The van der Waals surface area contributed by atoms with E-state index < -0.39 is 15.8 Å². The summed E-state index contributed by atoms with van der Waals surface area (Å²) in [6, 6.07) is 18.3. The van der Waals surface area contributed by atoms with E-state index in [1.54, 1.807) is 23.3 Å². The molecule has 3 heterocycles. The van der Waals surface area contributed by atoms with Crippen LogP contribution in [0.4, 0.5) is 4.39 Å². The Morgan fingerprint density at radius 1 is 0.941 bits per heavy atom. The topological polar surface area (TPSA) is 83.7 Å². The average molecular weight is 498 g/mol. The minimum atomic E-state index is -3.98. The number of thiazole rings is 1. The lowest BCUT2D eigenvalue weighted by atomic mass is 10.1. The van der Waals surface area contributed by atoms with Gasteiger partial charge < -0.3 is 9.32 Å². The highest BCUT2D eigenvalue weighted by Crippen LogP contribution is 2.35. The van der Waals surface area contributed by atoms with Crippen LogP contribution in [0, 0.1) is 5.82 Å². The Hall–Kier alpha value is -3.34. The minimum absolute atomic E-state index is 0.0763. The summed E-state index contributed by atoms with van der Waals surface area (Å²) in [4.78, 5) is 19.9. The summed E-state index contributed by atoms with van der Waals surface area (Å²) in [5.41, 5.74) is 1.36. The number of benzene rings is 2. The Balaban J connectivity index is 1.39. The maximum absolute atomic E-state index is 14.1. The summed E-state index contributed by atoms with van der Waals surface area (Å²) in [6.07, 6.45) is 1.55. The van der Waals surface area contributed by atoms with E-state index in [-0.39, 0.29) is 37.0 Å². The van der Waals surface area contributed by atoms with Crippen molar-refractivity contribution in [1.29, 1.82) is 0 Å². The van der Waals surface area contributed by atoms with Crippen LogP contribution in [-0.4, -0.2) is 54.7 Å². The van der Waals surface area contributed by atoms with Crippen LogP contribution in [0.15, 0.2) is 82.3 Å². The molecule has 1 aliphatic heterocycles. The highest BCUT2D eigenvalue weighted by atomic mass is 32.2. The molecule has 34 heavy (non-hydrogen) atoms. The van der Waals surface area contributed by atoms with Crippen molar-refractivity contribution < 1.29 is 22.0 Å². The summed E-state index contributed by atoms with van der Waals surface area (Å²) in [7, 11) is -3.98. The van der Waals surface area contributed by atoms with Crippen LogP contribution in [0.25, 0.3) is 22.0 Å². The third kappa shape index (κ3) is 4.15. The monoisotopic (exact) mass is 497 g/mol. The van der Waals surface area contributed by atoms with Crippen molar-refractivity contribution in [2.75, 3.05) is 26.2 Å². The first-order valence-electron chi connectivity index (χ1n) is 10.6. The first-order valence-corrected chi connectivity index (χ1v) is 12.8. The quantitative estimate of drug-likeness (QED) is 0.409.